The van der Waals surface area contributed by atoms with Gasteiger partial charge < -0.3 is 19.5 Å². The molecule has 1 unspecified atom stereocenters. The summed E-state index contributed by atoms with van der Waals surface area (Å²) in [4.78, 5) is 0.0495. The fourth-order valence-corrected chi connectivity index (χ4v) is 4.63. The quantitative estimate of drug-likeness (QED) is 0.793. The van der Waals surface area contributed by atoms with E-state index < -0.39 is 10.0 Å². The number of ether oxygens (including phenoxy) is 3. The average Bonchev–Trinajstić information content (AvgIpc) is 3.03. The molecule has 0 spiro atoms. The molecule has 1 aliphatic heterocycles. The predicted molar refractivity (Wildman–Crippen MR) is 86.9 cm³/mol. The molecule has 1 fully saturated rings. The smallest absolute Gasteiger partial charge is 0.250 e. The molecule has 0 aliphatic carbocycles. The molecule has 1 N–H and O–H groups in total. The van der Waals surface area contributed by atoms with Crippen molar-refractivity contribution in [2.45, 2.75) is 11.3 Å². The van der Waals surface area contributed by atoms with Crippen LogP contribution in [0.25, 0.3) is 0 Å². The van der Waals surface area contributed by atoms with Crippen molar-refractivity contribution in [3.8, 4) is 17.2 Å². The minimum absolute atomic E-state index is 0.0495. The lowest BCUT2D eigenvalue weighted by Gasteiger charge is -2.21. The Bertz CT molecular complexity index is 622. The Kier molecular flexibility index (Phi) is 5.72. The third kappa shape index (κ3) is 3.54. The van der Waals surface area contributed by atoms with Gasteiger partial charge in [-0.15, -0.1) is 0 Å². The number of hydrogen-bond acceptors (Lipinski definition) is 6. The first-order chi connectivity index (χ1) is 11.0. The van der Waals surface area contributed by atoms with Crippen LogP contribution in [0.4, 0.5) is 0 Å². The van der Waals surface area contributed by atoms with Crippen molar-refractivity contribution in [2.24, 2.45) is 5.92 Å². The molecule has 23 heavy (non-hydrogen) atoms. The van der Waals surface area contributed by atoms with E-state index in [-0.39, 0.29) is 16.4 Å². The maximum Gasteiger partial charge on any atom is 0.250 e. The van der Waals surface area contributed by atoms with E-state index >= 15 is 0 Å². The van der Waals surface area contributed by atoms with Crippen LogP contribution in [-0.2, 0) is 10.0 Å². The van der Waals surface area contributed by atoms with Gasteiger partial charge in [-0.05, 0) is 25.9 Å². The molecule has 1 saturated heterocycles. The van der Waals surface area contributed by atoms with Crippen LogP contribution in [0.5, 0.6) is 17.2 Å². The highest BCUT2D eigenvalue weighted by molar-refractivity contribution is 7.89. The fraction of sp³-hybridized carbons (Fsp3) is 0.600. The van der Waals surface area contributed by atoms with Crippen molar-refractivity contribution in [1.82, 2.24) is 9.62 Å². The fourth-order valence-electron chi connectivity index (χ4n) is 2.83. The van der Waals surface area contributed by atoms with E-state index in [2.05, 4.69) is 5.32 Å². The Labute approximate surface area is 137 Å². The van der Waals surface area contributed by atoms with Crippen LogP contribution in [0.15, 0.2) is 17.0 Å². The van der Waals surface area contributed by atoms with E-state index in [1.54, 1.807) is 12.1 Å². The number of rotatable bonds is 7. The lowest BCUT2D eigenvalue weighted by molar-refractivity contribution is 0.355. The van der Waals surface area contributed by atoms with E-state index in [4.69, 9.17) is 14.2 Å². The van der Waals surface area contributed by atoms with E-state index in [0.29, 0.717) is 24.8 Å². The lowest BCUT2D eigenvalue weighted by Crippen LogP contribution is -2.31. The average molecular weight is 344 g/mol. The lowest BCUT2D eigenvalue weighted by atomic mass is 10.1. The zero-order valence-corrected chi connectivity index (χ0v) is 14.8. The van der Waals surface area contributed by atoms with Gasteiger partial charge >= 0.3 is 0 Å². The Hall–Kier alpha value is -1.51. The first-order valence-electron chi connectivity index (χ1n) is 7.42. The number of nitrogens with zero attached hydrogens (tertiary/aromatic N) is 1. The number of hydrogen-bond donors (Lipinski definition) is 1. The highest BCUT2D eigenvalue weighted by Crippen LogP contribution is 2.40. The van der Waals surface area contributed by atoms with Crippen LogP contribution >= 0.6 is 0 Å². The van der Waals surface area contributed by atoms with E-state index in [0.717, 1.165) is 13.0 Å². The van der Waals surface area contributed by atoms with Gasteiger partial charge in [0.25, 0.3) is 0 Å². The van der Waals surface area contributed by atoms with Gasteiger partial charge in [0.1, 0.15) is 17.2 Å². The van der Waals surface area contributed by atoms with E-state index in [1.807, 2.05) is 7.05 Å². The summed E-state index contributed by atoms with van der Waals surface area (Å²) < 4.78 is 43.3. The molecule has 7 nitrogen and oxygen atoms in total. The zero-order valence-electron chi connectivity index (χ0n) is 14.0. The largest absolute Gasteiger partial charge is 0.496 e. The summed E-state index contributed by atoms with van der Waals surface area (Å²) in [5.41, 5.74) is 0. The SMILES string of the molecule is CNCC1CCN(S(=O)(=O)c2c(OC)cc(OC)cc2OC)C1. The van der Waals surface area contributed by atoms with E-state index in [9.17, 15) is 8.42 Å². The number of sulfonamides is 1. The third-order valence-corrected chi connectivity index (χ3v) is 5.94. The highest BCUT2D eigenvalue weighted by atomic mass is 32.2. The van der Waals surface area contributed by atoms with Gasteiger partial charge in [0.2, 0.25) is 10.0 Å². The van der Waals surface area contributed by atoms with Crippen LogP contribution in [0.1, 0.15) is 6.42 Å². The number of methoxy groups -OCH3 is 3. The summed E-state index contributed by atoms with van der Waals surface area (Å²) in [5, 5.41) is 3.09. The Balaban J connectivity index is 2.43. The first-order valence-corrected chi connectivity index (χ1v) is 8.86. The molecule has 0 saturated carbocycles. The van der Waals surface area contributed by atoms with Gasteiger partial charge in [-0.25, -0.2) is 8.42 Å². The van der Waals surface area contributed by atoms with Crippen molar-refractivity contribution in [2.75, 3.05) is 48.0 Å². The molecule has 1 atom stereocenters. The second kappa shape index (κ2) is 7.37. The molecule has 0 aromatic heterocycles. The van der Waals surface area contributed by atoms with Crippen LogP contribution < -0.4 is 19.5 Å². The molecule has 2 rings (SSSR count). The molecule has 1 aromatic rings. The van der Waals surface area contributed by atoms with Crippen LogP contribution in [0, 0.1) is 5.92 Å². The Morgan fingerprint density at radius 1 is 1.17 bits per heavy atom. The minimum Gasteiger partial charge on any atom is -0.496 e. The summed E-state index contributed by atoms with van der Waals surface area (Å²) in [6.07, 6.45) is 0.834. The summed E-state index contributed by atoms with van der Waals surface area (Å²) in [6.45, 7) is 1.78. The Morgan fingerprint density at radius 2 is 1.78 bits per heavy atom. The minimum atomic E-state index is -3.70. The number of benzene rings is 1. The van der Waals surface area contributed by atoms with E-state index in [1.165, 1.54) is 25.6 Å². The summed E-state index contributed by atoms with van der Waals surface area (Å²) in [5.74, 6) is 1.23. The molecule has 0 radical (unpaired) electrons. The number of nitrogens with one attached hydrogen (secondary N) is 1. The molecule has 1 aliphatic rings. The molecule has 0 bridgehead atoms. The second-order valence-corrected chi connectivity index (χ2v) is 7.31. The van der Waals surface area contributed by atoms with Crippen LogP contribution in [0.2, 0.25) is 0 Å². The van der Waals surface area contributed by atoms with Gasteiger partial charge in [-0.1, -0.05) is 0 Å². The van der Waals surface area contributed by atoms with Gasteiger partial charge in [0, 0.05) is 25.2 Å². The monoisotopic (exact) mass is 344 g/mol. The standard InChI is InChI=1S/C15H24N2O5S/c1-16-9-11-5-6-17(10-11)23(18,19)15-13(21-3)7-12(20-2)8-14(15)22-4/h7-8,11,16H,5-6,9-10H2,1-4H3. The highest BCUT2D eigenvalue weighted by Gasteiger charge is 2.36. The molecule has 130 valence electrons. The van der Waals surface area contributed by atoms with Crippen molar-refractivity contribution in [3.05, 3.63) is 12.1 Å². The molecule has 8 heteroatoms. The van der Waals surface area contributed by atoms with Gasteiger partial charge in [0.05, 0.1) is 21.3 Å². The second-order valence-electron chi connectivity index (χ2n) is 5.44. The molecule has 1 heterocycles. The van der Waals surface area contributed by atoms with Gasteiger partial charge in [-0.2, -0.15) is 4.31 Å². The molecule has 0 amide bonds. The van der Waals surface area contributed by atoms with Crippen molar-refractivity contribution < 1.29 is 22.6 Å². The van der Waals surface area contributed by atoms with Crippen LogP contribution in [-0.4, -0.2) is 60.7 Å². The summed E-state index contributed by atoms with van der Waals surface area (Å²) in [6, 6.07) is 3.10. The Morgan fingerprint density at radius 3 is 2.26 bits per heavy atom. The zero-order chi connectivity index (χ0) is 17.0. The maximum absolute atomic E-state index is 13.0. The topological polar surface area (TPSA) is 77.1 Å². The normalized spacial score (nSPS) is 18.9. The van der Waals surface area contributed by atoms with Crippen molar-refractivity contribution in [3.63, 3.8) is 0 Å². The molecular formula is C15H24N2O5S. The first kappa shape index (κ1) is 17.8. The van der Waals surface area contributed by atoms with Crippen molar-refractivity contribution in [1.29, 1.82) is 0 Å². The van der Waals surface area contributed by atoms with Gasteiger partial charge in [-0.3, -0.25) is 0 Å². The van der Waals surface area contributed by atoms with Crippen molar-refractivity contribution >= 4 is 10.0 Å². The van der Waals surface area contributed by atoms with Gasteiger partial charge in [0.15, 0.2) is 4.90 Å². The maximum atomic E-state index is 13.0. The predicted octanol–water partition coefficient (Wildman–Crippen LogP) is 0.942. The third-order valence-electron chi connectivity index (χ3n) is 4.01. The summed E-state index contributed by atoms with van der Waals surface area (Å²) >= 11 is 0. The molecule has 1 aromatic carbocycles. The van der Waals surface area contributed by atoms with Crippen LogP contribution in [0.3, 0.4) is 0 Å². The summed E-state index contributed by atoms with van der Waals surface area (Å²) in [7, 11) is 2.54. The molecular weight excluding hydrogens is 320 g/mol.